The predicted octanol–water partition coefficient (Wildman–Crippen LogP) is 4.80. The van der Waals surface area contributed by atoms with Crippen LogP contribution >= 0.6 is 27.5 Å². The standard InChI is InChI=1S/C20H15BrClNO4S/c21-15-4-3-5-17(12-15)28(25,26)23-20(24)18-6-1-2-7-19(18)27-13-14-8-10-16(22)11-9-14/h1-12H,13H2,(H,23,24). The van der Waals surface area contributed by atoms with Crippen LogP contribution in [0.3, 0.4) is 0 Å². The van der Waals surface area contributed by atoms with E-state index in [-0.39, 0.29) is 22.8 Å². The smallest absolute Gasteiger partial charge is 0.268 e. The number of para-hydroxylation sites is 1. The van der Waals surface area contributed by atoms with Crippen molar-refractivity contribution in [2.45, 2.75) is 11.5 Å². The molecule has 5 nitrogen and oxygen atoms in total. The minimum atomic E-state index is -4.02. The zero-order valence-corrected chi connectivity index (χ0v) is 17.6. The van der Waals surface area contributed by atoms with Gasteiger partial charge in [0.15, 0.2) is 0 Å². The fraction of sp³-hybridized carbons (Fsp3) is 0.0500. The summed E-state index contributed by atoms with van der Waals surface area (Å²) < 4.78 is 33.4. The van der Waals surface area contributed by atoms with Gasteiger partial charge in [-0.15, -0.1) is 0 Å². The molecule has 3 aromatic rings. The number of nitrogens with one attached hydrogen (secondary N) is 1. The van der Waals surface area contributed by atoms with Crippen molar-refractivity contribution in [2.75, 3.05) is 0 Å². The number of sulfonamides is 1. The SMILES string of the molecule is O=C(NS(=O)(=O)c1cccc(Br)c1)c1ccccc1OCc1ccc(Cl)cc1. The van der Waals surface area contributed by atoms with Gasteiger partial charge >= 0.3 is 0 Å². The molecule has 3 aromatic carbocycles. The van der Waals surface area contributed by atoms with E-state index in [0.717, 1.165) is 5.56 Å². The van der Waals surface area contributed by atoms with Gasteiger partial charge < -0.3 is 4.74 Å². The molecular weight excluding hydrogens is 466 g/mol. The molecule has 1 amide bonds. The summed E-state index contributed by atoms with van der Waals surface area (Å²) in [6, 6.07) is 19.6. The molecule has 8 heteroatoms. The van der Waals surface area contributed by atoms with Gasteiger partial charge in [0.25, 0.3) is 15.9 Å². The minimum Gasteiger partial charge on any atom is -0.488 e. The van der Waals surface area contributed by atoms with E-state index in [1.807, 2.05) is 12.1 Å². The molecule has 144 valence electrons. The van der Waals surface area contributed by atoms with E-state index in [4.69, 9.17) is 16.3 Å². The Morgan fingerprint density at radius 1 is 1.00 bits per heavy atom. The van der Waals surface area contributed by atoms with E-state index in [1.54, 1.807) is 42.5 Å². The summed E-state index contributed by atoms with van der Waals surface area (Å²) in [5.74, 6) is -0.494. The molecule has 0 aliphatic heterocycles. The van der Waals surface area contributed by atoms with Crippen molar-refractivity contribution < 1.29 is 17.9 Å². The Hall–Kier alpha value is -2.35. The lowest BCUT2D eigenvalue weighted by Gasteiger charge is -2.12. The van der Waals surface area contributed by atoms with Crippen LogP contribution in [0.4, 0.5) is 0 Å². The summed E-state index contributed by atoms with van der Waals surface area (Å²) in [6.45, 7) is 0.208. The monoisotopic (exact) mass is 479 g/mol. The zero-order chi connectivity index (χ0) is 20.1. The summed E-state index contributed by atoms with van der Waals surface area (Å²) >= 11 is 9.08. The highest BCUT2D eigenvalue weighted by molar-refractivity contribution is 9.10. The highest BCUT2D eigenvalue weighted by Crippen LogP contribution is 2.21. The average Bonchev–Trinajstić information content (AvgIpc) is 2.67. The third-order valence-electron chi connectivity index (χ3n) is 3.77. The average molecular weight is 481 g/mol. The maximum absolute atomic E-state index is 12.6. The third kappa shape index (κ3) is 5.13. The Morgan fingerprint density at radius 3 is 2.43 bits per heavy atom. The second kappa shape index (κ2) is 8.77. The quantitative estimate of drug-likeness (QED) is 0.550. The number of hydrogen-bond donors (Lipinski definition) is 1. The zero-order valence-electron chi connectivity index (χ0n) is 14.4. The molecule has 1 N–H and O–H groups in total. The first-order valence-electron chi connectivity index (χ1n) is 8.14. The summed E-state index contributed by atoms with van der Waals surface area (Å²) in [6.07, 6.45) is 0. The second-order valence-corrected chi connectivity index (χ2v) is 8.84. The second-order valence-electron chi connectivity index (χ2n) is 5.80. The first-order chi connectivity index (χ1) is 13.3. The number of amides is 1. The lowest BCUT2D eigenvalue weighted by Crippen LogP contribution is -2.30. The summed E-state index contributed by atoms with van der Waals surface area (Å²) in [5, 5.41) is 0.612. The molecule has 0 heterocycles. The maximum atomic E-state index is 12.6. The molecule has 0 saturated heterocycles. The Morgan fingerprint density at radius 2 is 1.71 bits per heavy atom. The lowest BCUT2D eigenvalue weighted by molar-refractivity contribution is 0.0977. The maximum Gasteiger partial charge on any atom is 0.268 e. The van der Waals surface area contributed by atoms with Gasteiger partial charge in [-0.25, -0.2) is 13.1 Å². The van der Waals surface area contributed by atoms with E-state index in [0.29, 0.717) is 9.50 Å². The third-order valence-corrected chi connectivity index (χ3v) is 5.85. The van der Waals surface area contributed by atoms with Gasteiger partial charge in [0, 0.05) is 9.50 Å². The molecule has 0 spiro atoms. The molecule has 0 radical (unpaired) electrons. The van der Waals surface area contributed by atoms with Crippen LogP contribution in [0.25, 0.3) is 0 Å². The topological polar surface area (TPSA) is 72.5 Å². The van der Waals surface area contributed by atoms with Crippen LogP contribution < -0.4 is 9.46 Å². The number of rotatable bonds is 6. The highest BCUT2D eigenvalue weighted by Gasteiger charge is 2.21. The number of hydrogen-bond acceptors (Lipinski definition) is 4. The molecule has 3 rings (SSSR count). The van der Waals surface area contributed by atoms with Gasteiger partial charge in [-0.2, -0.15) is 0 Å². The number of carbonyl (C=O) groups is 1. The van der Waals surface area contributed by atoms with Gasteiger partial charge in [-0.3, -0.25) is 4.79 Å². The minimum absolute atomic E-state index is 0.0187. The van der Waals surface area contributed by atoms with Crippen molar-refractivity contribution in [2.24, 2.45) is 0 Å². The van der Waals surface area contributed by atoms with E-state index in [2.05, 4.69) is 20.7 Å². The van der Waals surface area contributed by atoms with Gasteiger partial charge in [-0.1, -0.05) is 57.9 Å². The van der Waals surface area contributed by atoms with Crippen LogP contribution in [0.5, 0.6) is 5.75 Å². The van der Waals surface area contributed by atoms with Crippen LogP contribution in [0, 0.1) is 0 Å². The molecule has 0 aromatic heterocycles. The molecule has 0 aliphatic rings. The van der Waals surface area contributed by atoms with Gasteiger partial charge in [0.05, 0.1) is 10.5 Å². The number of ether oxygens (including phenoxy) is 1. The molecule has 0 unspecified atom stereocenters. The Bertz CT molecular complexity index is 1100. The molecular formula is C20H15BrClNO4S. The predicted molar refractivity (Wildman–Crippen MR) is 111 cm³/mol. The Balaban J connectivity index is 1.78. The van der Waals surface area contributed by atoms with Crippen molar-refractivity contribution in [3.63, 3.8) is 0 Å². The van der Waals surface area contributed by atoms with Crippen LogP contribution in [-0.4, -0.2) is 14.3 Å². The van der Waals surface area contributed by atoms with Crippen molar-refractivity contribution in [1.29, 1.82) is 0 Å². The lowest BCUT2D eigenvalue weighted by atomic mass is 10.2. The van der Waals surface area contributed by atoms with Crippen molar-refractivity contribution >= 4 is 43.5 Å². The molecule has 0 bridgehead atoms. The molecule has 0 fully saturated rings. The first kappa shape index (κ1) is 20.4. The Labute approximate surface area is 176 Å². The number of carbonyl (C=O) groups excluding carboxylic acids is 1. The van der Waals surface area contributed by atoms with Crippen molar-refractivity contribution in [3.8, 4) is 5.75 Å². The molecule has 28 heavy (non-hydrogen) atoms. The number of benzene rings is 3. The van der Waals surface area contributed by atoms with Crippen molar-refractivity contribution in [3.05, 3.63) is 93.4 Å². The van der Waals surface area contributed by atoms with Crippen LogP contribution in [0.1, 0.15) is 15.9 Å². The summed E-state index contributed by atoms with van der Waals surface area (Å²) in [7, 11) is -4.02. The molecule has 0 atom stereocenters. The number of halogens is 2. The fourth-order valence-corrected chi connectivity index (χ4v) is 4.08. The fourth-order valence-electron chi connectivity index (χ4n) is 2.39. The summed E-state index contributed by atoms with van der Waals surface area (Å²) in [5.41, 5.74) is 0.983. The van der Waals surface area contributed by atoms with Crippen LogP contribution in [-0.2, 0) is 16.6 Å². The molecule has 0 saturated carbocycles. The van der Waals surface area contributed by atoms with E-state index >= 15 is 0 Å². The van der Waals surface area contributed by atoms with E-state index in [1.165, 1.54) is 18.2 Å². The van der Waals surface area contributed by atoms with Crippen LogP contribution in [0.2, 0.25) is 5.02 Å². The van der Waals surface area contributed by atoms with Gasteiger partial charge in [0.1, 0.15) is 12.4 Å². The van der Waals surface area contributed by atoms with E-state index in [9.17, 15) is 13.2 Å². The largest absolute Gasteiger partial charge is 0.488 e. The highest BCUT2D eigenvalue weighted by atomic mass is 79.9. The Kier molecular flexibility index (Phi) is 6.39. The normalized spacial score (nSPS) is 11.1. The summed E-state index contributed by atoms with van der Waals surface area (Å²) in [4.78, 5) is 12.6. The van der Waals surface area contributed by atoms with Gasteiger partial charge in [-0.05, 0) is 48.0 Å². The van der Waals surface area contributed by atoms with Crippen LogP contribution in [0.15, 0.2) is 82.2 Å². The van der Waals surface area contributed by atoms with Crippen molar-refractivity contribution in [1.82, 2.24) is 4.72 Å². The first-order valence-corrected chi connectivity index (χ1v) is 10.8. The van der Waals surface area contributed by atoms with E-state index < -0.39 is 15.9 Å². The molecule has 0 aliphatic carbocycles. The van der Waals surface area contributed by atoms with Gasteiger partial charge in [0.2, 0.25) is 0 Å².